The first-order valence-corrected chi connectivity index (χ1v) is 8.72. The predicted octanol–water partition coefficient (Wildman–Crippen LogP) is 3.28. The number of ether oxygens (including phenoxy) is 1. The van der Waals surface area contributed by atoms with E-state index in [0.717, 1.165) is 14.9 Å². The van der Waals surface area contributed by atoms with Gasteiger partial charge in [0.2, 0.25) is 11.8 Å². The number of para-hydroxylation sites is 1. The summed E-state index contributed by atoms with van der Waals surface area (Å²) in [6, 6.07) is 13.9. The molecule has 2 aliphatic heterocycles. The predicted molar refractivity (Wildman–Crippen MR) is 94.1 cm³/mol. The molecular formula is C19H14BrNO4. The van der Waals surface area contributed by atoms with Crippen LogP contribution in [0.5, 0.6) is 5.75 Å². The average Bonchev–Trinajstić information content (AvgIpc) is 2.60. The number of anilines is 1. The van der Waals surface area contributed by atoms with Crippen LogP contribution in [-0.4, -0.2) is 17.8 Å². The maximum atomic E-state index is 13.0. The van der Waals surface area contributed by atoms with Crippen LogP contribution in [0.25, 0.3) is 0 Å². The highest BCUT2D eigenvalue weighted by Gasteiger charge is 2.54. The van der Waals surface area contributed by atoms with E-state index in [2.05, 4.69) is 15.9 Å². The number of rotatable bonds is 1. The summed E-state index contributed by atoms with van der Waals surface area (Å²) in [6.07, 6.45) is 0. The zero-order chi connectivity index (χ0) is 17.7. The van der Waals surface area contributed by atoms with E-state index in [1.165, 1.54) is 0 Å². The zero-order valence-corrected chi connectivity index (χ0v) is 14.9. The molecule has 0 spiro atoms. The summed E-state index contributed by atoms with van der Waals surface area (Å²) in [5.74, 6) is -3.03. The Kier molecular flexibility index (Phi) is 3.72. The fraction of sp³-hybridized carbons (Fsp3) is 0.211. The second kappa shape index (κ2) is 5.81. The topological polar surface area (TPSA) is 63.7 Å². The summed E-state index contributed by atoms with van der Waals surface area (Å²) in [5, 5.41) is 0. The minimum atomic E-state index is -1.01. The second-order valence-electron chi connectivity index (χ2n) is 6.24. The molecule has 0 bridgehead atoms. The fourth-order valence-corrected chi connectivity index (χ4v) is 3.87. The van der Waals surface area contributed by atoms with Gasteiger partial charge in [0.15, 0.2) is 0 Å². The summed E-state index contributed by atoms with van der Waals surface area (Å²) < 4.78 is 6.19. The maximum Gasteiger partial charge on any atom is 0.324 e. The van der Waals surface area contributed by atoms with Gasteiger partial charge in [-0.1, -0.05) is 41.1 Å². The Bertz CT molecular complexity index is 893. The van der Waals surface area contributed by atoms with Crippen LogP contribution >= 0.6 is 15.9 Å². The summed E-state index contributed by atoms with van der Waals surface area (Å²) in [7, 11) is 0. The molecule has 25 heavy (non-hydrogen) atoms. The van der Waals surface area contributed by atoms with Crippen molar-refractivity contribution < 1.29 is 19.1 Å². The lowest BCUT2D eigenvalue weighted by molar-refractivity contribution is -0.151. The Morgan fingerprint density at radius 3 is 2.36 bits per heavy atom. The molecule has 1 saturated heterocycles. The Morgan fingerprint density at radius 1 is 0.960 bits per heavy atom. The summed E-state index contributed by atoms with van der Waals surface area (Å²) >= 11 is 3.33. The van der Waals surface area contributed by atoms with Crippen LogP contribution in [0, 0.1) is 11.8 Å². The van der Waals surface area contributed by atoms with Crippen molar-refractivity contribution in [3.05, 3.63) is 58.6 Å². The highest BCUT2D eigenvalue weighted by Crippen LogP contribution is 2.46. The van der Waals surface area contributed by atoms with Crippen molar-refractivity contribution in [2.24, 2.45) is 11.8 Å². The maximum absolute atomic E-state index is 13.0. The normalized spacial score (nSPS) is 25.3. The first-order chi connectivity index (χ1) is 12.0. The van der Waals surface area contributed by atoms with Crippen molar-refractivity contribution in [2.75, 3.05) is 4.90 Å². The molecule has 0 unspecified atom stereocenters. The lowest BCUT2D eigenvalue weighted by Gasteiger charge is -2.41. The molecule has 2 aromatic rings. The Balaban J connectivity index is 1.81. The van der Waals surface area contributed by atoms with Crippen molar-refractivity contribution >= 4 is 39.4 Å². The van der Waals surface area contributed by atoms with Crippen molar-refractivity contribution in [2.45, 2.75) is 12.8 Å². The van der Waals surface area contributed by atoms with Gasteiger partial charge in [0.25, 0.3) is 0 Å². The molecule has 0 aromatic heterocycles. The molecule has 0 saturated carbocycles. The van der Waals surface area contributed by atoms with Gasteiger partial charge >= 0.3 is 5.97 Å². The van der Waals surface area contributed by atoms with E-state index in [0.29, 0.717) is 11.4 Å². The number of esters is 1. The number of piperidine rings is 1. The number of hydrogen-bond acceptors (Lipinski definition) is 4. The van der Waals surface area contributed by atoms with E-state index in [1.54, 1.807) is 43.3 Å². The number of benzene rings is 2. The summed E-state index contributed by atoms with van der Waals surface area (Å²) in [4.78, 5) is 39.5. The van der Waals surface area contributed by atoms with E-state index in [-0.39, 0.29) is 5.91 Å². The van der Waals surface area contributed by atoms with Crippen LogP contribution in [0.3, 0.4) is 0 Å². The molecule has 0 radical (unpaired) electrons. The number of carbonyl (C=O) groups is 3. The fourth-order valence-electron chi connectivity index (χ4n) is 3.61. The molecule has 126 valence electrons. The van der Waals surface area contributed by atoms with Crippen LogP contribution in [-0.2, 0) is 14.4 Å². The SMILES string of the molecule is C[C@@H]1C(=O)N(c2ccc(Br)cc2)C(=O)[C@H]2C(=O)Oc3ccccc3[C@@H]21. The standard InChI is InChI=1S/C19H14BrNO4/c1-10-15-13-4-2-3-5-14(13)25-19(24)16(15)18(23)21(17(10)22)12-8-6-11(20)7-9-12/h2-10,15-16H,1H3/t10-,15-,16-/m0/s1. The van der Waals surface area contributed by atoms with Crippen LogP contribution in [0.1, 0.15) is 18.4 Å². The number of carbonyl (C=O) groups excluding carboxylic acids is 3. The van der Waals surface area contributed by atoms with Crippen LogP contribution < -0.4 is 9.64 Å². The lowest BCUT2D eigenvalue weighted by Crippen LogP contribution is -2.57. The highest BCUT2D eigenvalue weighted by atomic mass is 79.9. The molecule has 2 heterocycles. The minimum absolute atomic E-state index is 0.307. The van der Waals surface area contributed by atoms with Gasteiger partial charge in [-0.25, -0.2) is 4.90 Å². The molecule has 0 N–H and O–H groups in total. The quantitative estimate of drug-likeness (QED) is 0.319. The first kappa shape index (κ1) is 16.0. The van der Waals surface area contributed by atoms with Crippen molar-refractivity contribution in [3.63, 3.8) is 0 Å². The first-order valence-electron chi connectivity index (χ1n) is 7.93. The van der Waals surface area contributed by atoms with Crippen LogP contribution in [0.15, 0.2) is 53.0 Å². The summed E-state index contributed by atoms with van der Waals surface area (Å²) in [5.41, 5.74) is 1.19. The number of hydrogen-bond donors (Lipinski definition) is 0. The molecule has 5 nitrogen and oxygen atoms in total. The van der Waals surface area contributed by atoms with Gasteiger partial charge in [-0.3, -0.25) is 14.4 Å². The highest BCUT2D eigenvalue weighted by molar-refractivity contribution is 9.10. The third-order valence-corrected chi connectivity index (χ3v) is 5.35. The van der Waals surface area contributed by atoms with Crippen LogP contribution in [0.2, 0.25) is 0 Å². The average molecular weight is 400 g/mol. The van der Waals surface area contributed by atoms with Gasteiger partial charge in [-0.05, 0) is 30.3 Å². The van der Waals surface area contributed by atoms with E-state index >= 15 is 0 Å². The smallest absolute Gasteiger partial charge is 0.324 e. The molecule has 4 rings (SSSR count). The van der Waals surface area contributed by atoms with Gasteiger partial charge in [0.05, 0.1) is 5.69 Å². The number of amides is 2. The van der Waals surface area contributed by atoms with Gasteiger partial charge in [0, 0.05) is 21.9 Å². The van der Waals surface area contributed by atoms with Crippen LogP contribution in [0.4, 0.5) is 5.69 Å². The third-order valence-electron chi connectivity index (χ3n) is 4.82. The zero-order valence-electron chi connectivity index (χ0n) is 13.3. The third kappa shape index (κ3) is 2.40. The Morgan fingerprint density at radius 2 is 1.64 bits per heavy atom. The van der Waals surface area contributed by atoms with Gasteiger partial charge < -0.3 is 4.74 Å². The van der Waals surface area contributed by atoms with Gasteiger partial charge in [-0.2, -0.15) is 0 Å². The van der Waals surface area contributed by atoms with Gasteiger partial charge in [0.1, 0.15) is 11.7 Å². The molecule has 2 aliphatic rings. The van der Waals surface area contributed by atoms with Crippen molar-refractivity contribution in [3.8, 4) is 5.75 Å². The molecule has 1 fully saturated rings. The molecule has 2 amide bonds. The van der Waals surface area contributed by atoms with Crippen molar-refractivity contribution in [1.29, 1.82) is 0 Å². The number of nitrogens with zero attached hydrogens (tertiary/aromatic N) is 1. The van der Waals surface area contributed by atoms with E-state index in [4.69, 9.17) is 4.74 Å². The van der Waals surface area contributed by atoms with E-state index in [1.807, 2.05) is 12.1 Å². The Labute approximate surface area is 152 Å². The Hall–Kier alpha value is -2.47. The second-order valence-corrected chi connectivity index (χ2v) is 7.16. The number of halogens is 1. The summed E-state index contributed by atoms with van der Waals surface area (Å²) in [6.45, 7) is 1.76. The van der Waals surface area contributed by atoms with Crippen molar-refractivity contribution in [1.82, 2.24) is 0 Å². The number of imide groups is 1. The molecule has 0 aliphatic carbocycles. The molecule has 2 aromatic carbocycles. The number of fused-ring (bicyclic) bond motifs is 3. The molecular weight excluding hydrogens is 386 g/mol. The van der Waals surface area contributed by atoms with E-state index < -0.39 is 29.6 Å². The monoisotopic (exact) mass is 399 g/mol. The van der Waals surface area contributed by atoms with E-state index in [9.17, 15) is 14.4 Å². The minimum Gasteiger partial charge on any atom is -0.426 e. The lowest BCUT2D eigenvalue weighted by atomic mass is 9.72. The largest absolute Gasteiger partial charge is 0.426 e. The van der Waals surface area contributed by atoms with Gasteiger partial charge in [-0.15, -0.1) is 0 Å². The molecule has 6 heteroatoms. The molecule has 3 atom stereocenters.